The molecule has 41 heavy (non-hydrogen) atoms. The third-order valence-corrected chi connectivity index (χ3v) is 10.1. The van der Waals surface area contributed by atoms with E-state index in [9.17, 15) is 14.4 Å². The smallest absolute Gasteiger partial charge is 0.248 e. The predicted molar refractivity (Wildman–Crippen MR) is 159 cm³/mol. The van der Waals surface area contributed by atoms with Crippen LogP contribution in [0.4, 0.5) is 5.69 Å². The van der Waals surface area contributed by atoms with Crippen LogP contribution in [0.5, 0.6) is 0 Å². The minimum Gasteiger partial charge on any atom is -0.324 e. The van der Waals surface area contributed by atoms with Crippen molar-refractivity contribution in [1.82, 2.24) is 4.90 Å². The largest absolute Gasteiger partial charge is 0.324 e. The molecule has 4 aromatic rings. The first-order valence-corrected chi connectivity index (χ1v) is 14.4. The van der Waals surface area contributed by atoms with Crippen LogP contribution < -0.4 is 5.32 Å². The maximum absolute atomic E-state index is 14.5. The van der Waals surface area contributed by atoms with Crippen LogP contribution in [0.15, 0.2) is 103 Å². The SMILES string of the molecule is Cc1cccc(NC(=O)[C@H](Cc2ccccc2)N2C(=O)[C@H]3[C@H](C2=O)C2(Cl)c4ccccc4C3(Cl)c3ccccc32)c1. The molecule has 3 atom stereocenters. The molecule has 1 N–H and O–H groups in total. The van der Waals surface area contributed by atoms with Gasteiger partial charge in [0.2, 0.25) is 17.7 Å². The van der Waals surface area contributed by atoms with Gasteiger partial charge in [-0.1, -0.05) is 91.0 Å². The van der Waals surface area contributed by atoms with E-state index in [1.54, 1.807) is 6.07 Å². The number of nitrogens with zero attached hydrogens (tertiary/aromatic N) is 1. The summed E-state index contributed by atoms with van der Waals surface area (Å²) in [5.41, 5.74) is 5.29. The standard InChI is InChI=1S/C34H26Cl2N2O3/c1-20-10-9-13-22(18-20)37-30(39)27(19-21-11-3-2-4-12-21)38-31(40)28-29(32(38)41)34(36)24-15-6-5-14-23(24)33(28,35)25-16-7-8-17-26(25)34/h2-18,27-29H,19H2,1H3,(H,37,39)/t27-,28+,29+,33?,34?/m0/s1. The molecule has 0 spiro atoms. The Morgan fingerprint density at radius 1 is 0.756 bits per heavy atom. The number of aryl methyl sites for hydroxylation is 1. The Morgan fingerprint density at radius 2 is 1.24 bits per heavy atom. The molecule has 2 bridgehead atoms. The minimum absolute atomic E-state index is 0.153. The Labute approximate surface area is 248 Å². The average Bonchev–Trinajstić information content (AvgIpc) is 3.26. The molecule has 1 fully saturated rings. The summed E-state index contributed by atoms with van der Waals surface area (Å²) in [6.45, 7) is 1.93. The van der Waals surface area contributed by atoms with Crippen LogP contribution in [0.25, 0.3) is 0 Å². The summed E-state index contributed by atoms with van der Waals surface area (Å²) in [5.74, 6) is -3.35. The number of likely N-dealkylation sites (tertiary alicyclic amines) is 1. The van der Waals surface area contributed by atoms with Crippen LogP contribution in [0.3, 0.4) is 0 Å². The van der Waals surface area contributed by atoms with Crippen molar-refractivity contribution < 1.29 is 14.4 Å². The van der Waals surface area contributed by atoms with E-state index in [-0.39, 0.29) is 6.42 Å². The zero-order valence-corrected chi connectivity index (χ0v) is 23.7. The number of hydrogen-bond donors (Lipinski definition) is 1. The molecule has 5 nitrogen and oxygen atoms in total. The summed E-state index contributed by atoms with van der Waals surface area (Å²) >= 11 is 15.2. The number of alkyl halides is 2. The average molecular weight is 581 g/mol. The topological polar surface area (TPSA) is 66.5 Å². The van der Waals surface area contributed by atoms with Gasteiger partial charge in [-0.3, -0.25) is 19.3 Å². The summed E-state index contributed by atoms with van der Waals surface area (Å²) < 4.78 is 0. The van der Waals surface area contributed by atoms with Crippen molar-refractivity contribution in [3.05, 3.63) is 137 Å². The Hall–Kier alpha value is -3.93. The monoisotopic (exact) mass is 580 g/mol. The molecule has 0 unspecified atom stereocenters. The number of carbonyl (C=O) groups excluding carboxylic acids is 3. The molecule has 4 aromatic carbocycles. The molecule has 3 amide bonds. The third-order valence-electron chi connectivity index (χ3n) is 8.79. The molecule has 4 aliphatic rings. The second-order valence-electron chi connectivity index (χ2n) is 11.1. The van der Waals surface area contributed by atoms with Gasteiger partial charge in [0.25, 0.3) is 0 Å². The van der Waals surface area contributed by atoms with Crippen LogP contribution in [-0.4, -0.2) is 28.7 Å². The number of hydrogen-bond acceptors (Lipinski definition) is 3. The van der Waals surface area contributed by atoms with Crippen LogP contribution in [-0.2, 0) is 30.6 Å². The van der Waals surface area contributed by atoms with E-state index in [0.29, 0.717) is 5.69 Å². The Bertz CT molecular complexity index is 1620. The first-order valence-electron chi connectivity index (χ1n) is 13.6. The fraction of sp³-hybridized carbons (Fsp3) is 0.206. The first kappa shape index (κ1) is 26.0. The molecule has 8 rings (SSSR count). The van der Waals surface area contributed by atoms with Gasteiger partial charge < -0.3 is 5.32 Å². The zero-order chi connectivity index (χ0) is 28.5. The maximum atomic E-state index is 14.5. The molecule has 7 heteroatoms. The lowest BCUT2D eigenvalue weighted by Crippen LogP contribution is -2.57. The van der Waals surface area contributed by atoms with Gasteiger partial charge in [-0.05, 0) is 52.4 Å². The number of halogens is 2. The number of imide groups is 1. The highest BCUT2D eigenvalue weighted by Crippen LogP contribution is 2.69. The normalized spacial score (nSPS) is 26.3. The van der Waals surface area contributed by atoms with Gasteiger partial charge in [-0.15, -0.1) is 23.2 Å². The first-order chi connectivity index (χ1) is 19.8. The summed E-state index contributed by atoms with van der Waals surface area (Å²) in [7, 11) is 0. The summed E-state index contributed by atoms with van der Waals surface area (Å²) in [6.07, 6.45) is 0.153. The summed E-state index contributed by atoms with van der Waals surface area (Å²) in [4.78, 5) is 41.6. The molecule has 1 saturated heterocycles. The fourth-order valence-corrected chi connectivity index (χ4v) is 8.18. The molecule has 0 aromatic heterocycles. The lowest BCUT2D eigenvalue weighted by Gasteiger charge is -2.54. The van der Waals surface area contributed by atoms with E-state index >= 15 is 0 Å². The third kappa shape index (κ3) is 3.58. The molecule has 0 radical (unpaired) electrons. The molecular formula is C34H26Cl2N2O3. The van der Waals surface area contributed by atoms with Crippen LogP contribution >= 0.6 is 23.2 Å². The predicted octanol–water partition coefficient (Wildman–Crippen LogP) is 6.14. The summed E-state index contributed by atoms with van der Waals surface area (Å²) in [5, 5.41) is 2.94. The van der Waals surface area contributed by atoms with E-state index in [0.717, 1.165) is 38.3 Å². The van der Waals surface area contributed by atoms with Crippen molar-refractivity contribution in [2.45, 2.75) is 29.1 Å². The van der Waals surface area contributed by atoms with Gasteiger partial charge in [0.05, 0.1) is 11.8 Å². The highest BCUT2D eigenvalue weighted by molar-refractivity contribution is 6.36. The van der Waals surface area contributed by atoms with Gasteiger partial charge in [0.1, 0.15) is 15.8 Å². The summed E-state index contributed by atoms with van der Waals surface area (Å²) in [6, 6.07) is 30.7. The van der Waals surface area contributed by atoms with E-state index in [2.05, 4.69) is 5.32 Å². The van der Waals surface area contributed by atoms with Crippen molar-refractivity contribution in [2.24, 2.45) is 11.8 Å². The van der Waals surface area contributed by atoms with Gasteiger partial charge >= 0.3 is 0 Å². The highest BCUT2D eigenvalue weighted by atomic mass is 35.5. The Kier molecular flexibility index (Phi) is 5.90. The molecule has 3 aliphatic carbocycles. The van der Waals surface area contributed by atoms with Crippen molar-refractivity contribution in [3.63, 3.8) is 0 Å². The van der Waals surface area contributed by atoms with Crippen molar-refractivity contribution >= 4 is 46.6 Å². The number of anilines is 1. The van der Waals surface area contributed by atoms with E-state index in [4.69, 9.17) is 23.2 Å². The Morgan fingerprint density at radius 3 is 1.73 bits per heavy atom. The fourth-order valence-electron chi connectivity index (χ4n) is 7.08. The second kappa shape index (κ2) is 9.30. The number of nitrogens with one attached hydrogen (secondary N) is 1. The quantitative estimate of drug-likeness (QED) is 0.228. The van der Waals surface area contributed by atoms with Gasteiger partial charge in [-0.2, -0.15) is 0 Å². The van der Waals surface area contributed by atoms with Crippen LogP contribution in [0.1, 0.15) is 33.4 Å². The lowest BCUT2D eigenvalue weighted by atomic mass is 9.54. The van der Waals surface area contributed by atoms with Crippen LogP contribution in [0, 0.1) is 18.8 Å². The highest BCUT2D eigenvalue weighted by Gasteiger charge is 2.73. The molecule has 0 saturated carbocycles. The van der Waals surface area contributed by atoms with Gasteiger partial charge in [0, 0.05) is 12.1 Å². The number of carbonyl (C=O) groups is 3. The molecule has 1 heterocycles. The van der Waals surface area contributed by atoms with E-state index in [1.807, 2.05) is 104 Å². The number of amides is 3. The van der Waals surface area contributed by atoms with E-state index in [1.165, 1.54) is 0 Å². The minimum atomic E-state index is -1.31. The Balaban J connectivity index is 1.37. The molecule has 1 aliphatic heterocycles. The number of rotatable bonds is 5. The van der Waals surface area contributed by atoms with Crippen molar-refractivity contribution in [2.75, 3.05) is 5.32 Å². The van der Waals surface area contributed by atoms with E-state index < -0.39 is 45.3 Å². The van der Waals surface area contributed by atoms with Crippen molar-refractivity contribution in [3.8, 4) is 0 Å². The van der Waals surface area contributed by atoms with Gasteiger partial charge in [0.15, 0.2) is 0 Å². The lowest BCUT2D eigenvalue weighted by molar-refractivity contribution is -0.146. The molecule has 204 valence electrons. The molecular weight excluding hydrogens is 555 g/mol. The maximum Gasteiger partial charge on any atom is 0.248 e. The zero-order valence-electron chi connectivity index (χ0n) is 22.2. The second-order valence-corrected chi connectivity index (χ2v) is 12.3. The van der Waals surface area contributed by atoms with Crippen molar-refractivity contribution in [1.29, 1.82) is 0 Å². The van der Waals surface area contributed by atoms with Crippen LogP contribution in [0.2, 0.25) is 0 Å². The number of benzene rings is 4. The van der Waals surface area contributed by atoms with Gasteiger partial charge in [-0.25, -0.2) is 0 Å².